The van der Waals surface area contributed by atoms with Gasteiger partial charge in [-0.2, -0.15) is 0 Å². The molecule has 1 aromatic carbocycles. The van der Waals surface area contributed by atoms with Gasteiger partial charge < -0.3 is 10.1 Å². The predicted octanol–water partition coefficient (Wildman–Crippen LogP) is 4.04. The van der Waals surface area contributed by atoms with Gasteiger partial charge >= 0.3 is 0 Å². The van der Waals surface area contributed by atoms with Gasteiger partial charge in [0.1, 0.15) is 5.75 Å². The molecule has 0 aliphatic heterocycles. The minimum Gasteiger partial charge on any atom is -0.494 e. The molecule has 0 fully saturated rings. The van der Waals surface area contributed by atoms with E-state index in [1.54, 1.807) is 0 Å². The van der Waals surface area contributed by atoms with E-state index in [9.17, 15) is 0 Å². The topological polar surface area (TPSA) is 21.3 Å². The number of hydrogen-bond donors (Lipinski definition) is 1. The molecular formula is C17H29NO. The van der Waals surface area contributed by atoms with Crippen molar-refractivity contribution in [3.63, 3.8) is 0 Å². The third-order valence-electron chi connectivity index (χ3n) is 3.48. The molecule has 108 valence electrons. The van der Waals surface area contributed by atoms with Crippen LogP contribution >= 0.6 is 0 Å². The molecule has 1 aromatic rings. The molecule has 2 heteroatoms. The first-order valence-corrected chi connectivity index (χ1v) is 7.50. The summed E-state index contributed by atoms with van der Waals surface area (Å²) in [7, 11) is 2.01. The molecule has 0 heterocycles. The fourth-order valence-electron chi connectivity index (χ4n) is 1.96. The number of hydrogen-bond acceptors (Lipinski definition) is 2. The lowest BCUT2D eigenvalue weighted by atomic mass is 10.1. The number of ether oxygens (including phenoxy) is 1. The van der Waals surface area contributed by atoms with E-state index >= 15 is 0 Å². The Balaban J connectivity index is 2.27. The fourth-order valence-corrected chi connectivity index (χ4v) is 1.96. The van der Waals surface area contributed by atoms with Crippen LogP contribution in [0.1, 0.15) is 45.6 Å². The van der Waals surface area contributed by atoms with E-state index in [1.807, 2.05) is 7.05 Å². The van der Waals surface area contributed by atoms with Crippen LogP contribution in [0.25, 0.3) is 0 Å². The summed E-state index contributed by atoms with van der Waals surface area (Å²) in [5, 5.41) is 3.27. The maximum Gasteiger partial charge on any atom is 0.119 e. The summed E-state index contributed by atoms with van der Waals surface area (Å²) >= 11 is 0. The van der Waals surface area contributed by atoms with E-state index in [0.29, 0.717) is 6.04 Å². The van der Waals surface area contributed by atoms with E-state index in [1.165, 1.54) is 18.4 Å². The molecule has 1 N–H and O–H groups in total. The molecule has 0 saturated heterocycles. The van der Waals surface area contributed by atoms with Crippen LogP contribution in [-0.4, -0.2) is 19.7 Å². The molecule has 0 amide bonds. The normalized spacial score (nSPS) is 12.7. The average molecular weight is 263 g/mol. The van der Waals surface area contributed by atoms with E-state index in [0.717, 1.165) is 31.1 Å². The summed E-state index contributed by atoms with van der Waals surface area (Å²) in [6, 6.07) is 9.12. The Morgan fingerprint density at radius 2 is 1.74 bits per heavy atom. The summed E-state index contributed by atoms with van der Waals surface area (Å²) in [5.41, 5.74) is 1.39. The molecule has 1 unspecified atom stereocenters. The Hall–Kier alpha value is -1.02. The van der Waals surface area contributed by atoms with Crippen molar-refractivity contribution in [2.45, 2.75) is 52.5 Å². The van der Waals surface area contributed by atoms with Crippen LogP contribution in [0.4, 0.5) is 0 Å². The molecular weight excluding hydrogens is 234 g/mol. The first-order chi connectivity index (χ1) is 9.11. The van der Waals surface area contributed by atoms with Crippen molar-refractivity contribution in [3.8, 4) is 5.75 Å². The summed E-state index contributed by atoms with van der Waals surface area (Å²) in [6.45, 7) is 7.54. The van der Waals surface area contributed by atoms with Crippen molar-refractivity contribution in [1.29, 1.82) is 0 Å². The molecule has 1 rings (SSSR count). The molecule has 0 aliphatic carbocycles. The van der Waals surface area contributed by atoms with Gasteiger partial charge in [0.15, 0.2) is 0 Å². The Morgan fingerprint density at radius 3 is 2.32 bits per heavy atom. The maximum atomic E-state index is 5.75. The second-order valence-electron chi connectivity index (χ2n) is 5.76. The lowest BCUT2D eigenvalue weighted by Gasteiger charge is -2.11. The molecule has 0 spiro atoms. The molecule has 0 aliphatic rings. The molecule has 1 atom stereocenters. The van der Waals surface area contributed by atoms with E-state index in [4.69, 9.17) is 4.74 Å². The fraction of sp³-hybridized carbons (Fsp3) is 0.647. The van der Waals surface area contributed by atoms with Crippen LogP contribution in [-0.2, 0) is 6.42 Å². The van der Waals surface area contributed by atoms with Crippen molar-refractivity contribution in [2.75, 3.05) is 13.7 Å². The molecule has 0 radical (unpaired) electrons. The zero-order chi connectivity index (χ0) is 14.1. The van der Waals surface area contributed by atoms with Gasteiger partial charge in [-0.05, 0) is 63.3 Å². The van der Waals surface area contributed by atoms with Crippen molar-refractivity contribution in [2.24, 2.45) is 5.92 Å². The second-order valence-corrected chi connectivity index (χ2v) is 5.76. The molecule has 0 bridgehead atoms. The maximum absolute atomic E-state index is 5.75. The van der Waals surface area contributed by atoms with E-state index in [2.05, 4.69) is 50.4 Å². The summed E-state index contributed by atoms with van der Waals surface area (Å²) < 4.78 is 5.75. The summed E-state index contributed by atoms with van der Waals surface area (Å²) in [5.74, 6) is 1.76. The summed E-state index contributed by atoms with van der Waals surface area (Å²) in [6.07, 6.45) is 4.67. The highest BCUT2D eigenvalue weighted by Gasteiger charge is 2.00. The van der Waals surface area contributed by atoms with Crippen LogP contribution in [0.15, 0.2) is 24.3 Å². The van der Waals surface area contributed by atoms with Gasteiger partial charge in [-0.25, -0.2) is 0 Å². The molecule has 0 aromatic heterocycles. The SMILES string of the molecule is CNC(C)CCc1ccc(OCCCC(C)C)cc1. The first-order valence-electron chi connectivity index (χ1n) is 7.50. The van der Waals surface area contributed by atoms with Crippen molar-refractivity contribution >= 4 is 0 Å². The minimum atomic E-state index is 0.576. The van der Waals surface area contributed by atoms with Crippen LogP contribution in [0.3, 0.4) is 0 Å². The van der Waals surface area contributed by atoms with Crippen molar-refractivity contribution in [3.05, 3.63) is 29.8 Å². The monoisotopic (exact) mass is 263 g/mol. The number of nitrogens with one attached hydrogen (secondary N) is 1. The molecule has 19 heavy (non-hydrogen) atoms. The number of rotatable bonds is 9. The smallest absolute Gasteiger partial charge is 0.119 e. The van der Waals surface area contributed by atoms with Crippen molar-refractivity contribution < 1.29 is 4.74 Å². The standard InChI is InChI=1S/C17H29NO/c1-14(2)6-5-13-19-17-11-9-16(10-12-17)8-7-15(3)18-4/h9-12,14-15,18H,5-8,13H2,1-4H3. The number of benzene rings is 1. The third-order valence-corrected chi connectivity index (χ3v) is 3.48. The Bertz CT molecular complexity index is 332. The Labute approximate surface area is 118 Å². The molecule has 2 nitrogen and oxygen atoms in total. The molecule has 0 saturated carbocycles. The lowest BCUT2D eigenvalue weighted by Crippen LogP contribution is -2.21. The Morgan fingerprint density at radius 1 is 1.05 bits per heavy atom. The summed E-state index contributed by atoms with van der Waals surface area (Å²) in [4.78, 5) is 0. The predicted molar refractivity (Wildman–Crippen MR) is 82.9 cm³/mol. The largest absolute Gasteiger partial charge is 0.494 e. The quantitative estimate of drug-likeness (QED) is 0.679. The van der Waals surface area contributed by atoms with Crippen molar-refractivity contribution in [1.82, 2.24) is 5.32 Å². The average Bonchev–Trinajstić information content (AvgIpc) is 2.42. The third kappa shape index (κ3) is 7.22. The minimum absolute atomic E-state index is 0.576. The number of aryl methyl sites for hydroxylation is 1. The zero-order valence-corrected chi connectivity index (χ0v) is 12.9. The van der Waals surface area contributed by atoms with Crippen LogP contribution in [0.5, 0.6) is 5.75 Å². The van der Waals surface area contributed by atoms with Gasteiger partial charge in [-0.15, -0.1) is 0 Å². The van der Waals surface area contributed by atoms with E-state index < -0.39 is 0 Å². The van der Waals surface area contributed by atoms with Gasteiger partial charge in [0, 0.05) is 6.04 Å². The van der Waals surface area contributed by atoms with Crippen LogP contribution < -0.4 is 10.1 Å². The van der Waals surface area contributed by atoms with E-state index in [-0.39, 0.29) is 0 Å². The Kier molecular flexibility index (Phi) is 7.57. The lowest BCUT2D eigenvalue weighted by molar-refractivity contribution is 0.297. The van der Waals surface area contributed by atoms with Gasteiger partial charge in [-0.3, -0.25) is 0 Å². The highest BCUT2D eigenvalue weighted by atomic mass is 16.5. The second kappa shape index (κ2) is 8.98. The van der Waals surface area contributed by atoms with Crippen LogP contribution in [0.2, 0.25) is 0 Å². The van der Waals surface area contributed by atoms with Gasteiger partial charge in [0.05, 0.1) is 6.61 Å². The van der Waals surface area contributed by atoms with Gasteiger partial charge in [0.25, 0.3) is 0 Å². The van der Waals surface area contributed by atoms with Crippen LogP contribution in [0, 0.1) is 5.92 Å². The highest BCUT2D eigenvalue weighted by molar-refractivity contribution is 5.27. The first kappa shape index (κ1) is 16.0. The van der Waals surface area contributed by atoms with Gasteiger partial charge in [0.2, 0.25) is 0 Å². The highest BCUT2D eigenvalue weighted by Crippen LogP contribution is 2.15. The van der Waals surface area contributed by atoms with Gasteiger partial charge in [-0.1, -0.05) is 26.0 Å². The zero-order valence-electron chi connectivity index (χ0n) is 12.9.